The molecule has 1 aliphatic heterocycles. The Morgan fingerprint density at radius 1 is 1.33 bits per heavy atom. The molecule has 21 heavy (non-hydrogen) atoms. The highest BCUT2D eigenvalue weighted by molar-refractivity contribution is 5.74. The molecule has 1 atom stereocenters. The van der Waals surface area contributed by atoms with Gasteiger partial charge in [0.1, 0.15) is 23.9 Å². The molecular formula is C16H13FO4. The fraction of sp³-hybridized carbons (Fsp3) is 0.188. The van der Waals surface area contributed by atoms with Crippen molar-refractivity contribution in [2.24, 2.45) is 0 Å². The zero-order valence-electron chi connectivity index (χ0n) is 11.1. The van der Waals surface area contributed by atoms with Crippen LogP contribution < -0.4 is 9.47 Å². The van der Waals surface area contributed by atoms with Crippen molar-refractivity contribution in [2.45, 2.75) is 19.1 Å². The Morgan fingerprint density at radius 3 is 2.95 bits per heavy atom. The summed E-state index contributed by atoms with van der Waals surface area (Å²) in [6.45, 7) is 0.235. The first-order valence-electron chi connectivity index (χ1n) is 6.51. The molecule has 0 fully saturated rings. The van der Waals surface area contributed by atoms with Gasteiger partial charge in [-0.3, -0.25) is 0 Å². The van der Waals surface area contributed by atoms with Crippen molar-refractivity contribution in [1.82, 2.24) is 0 Å². The average molecular weight is 288 g/mol. The summed E-state index contributed by atoms with van der Waals surface area (Å²) in [5, 5.41) is 8.94. The molecule has 0 bridgehead atoms. The summed E-state index contributed by atoms with van der Waals surface area (Å²) in [6, 6.07) is 11.4. The second-order valence-corrected chi connectivity index (χ2v) is 4.84. The van der Waals surface area contributed by atoms with Gasteiger partial charge >= 0.3 is 5.97 Å². The van der Waals surface area contributed by atoms with Crippen LogP contribution in [0.3, 0.4) is 0 Å². The molecule has 4 nitrogen and oxygen atoms in total. The molecule has 2 aromatic carbocycles. The van der Waals surface area contributed by atoms with Gasteiger partial charge in [0.15, 0.2) is 6.10 Å². The minimum atomic E-state index is -0.978. The first-order valence-corrected chi connectivity index (χ1v) is 6.51. The van der Waals surface area contributed by atoms with Crippen LogP contribution in [0.1, 0.15) is 11.1 Å². The van der Waals surface area contributed by atoms with Gasteiger partial charge in [0.25, 0.3) is 0 Å². The number of ether oxygens (including phenoxy) is 2. The van der Waals surface area contributed by atoms with E-state index in [-0.39, 0.29) is 12.4 Å². The van der Waals surface area contributed by atoms with Gasteiger partial charge in [-0.05, 0) is 29.3 Å². The fourth-order valence-corrected chi connectivity index (χ4v) is 2.23. The molecule has 1 heterocycles. The molecule has 0 saturated carbocycles. The van der Waals surface area contributed by atoms with E-state index in [1.807, 2.05) is 0 Å². The molecule has 0 spiro atoms. The highest BCUT2D eigenvalue weighted by atomic mass is 19.1. The van der Waals surface area contributed by atoms with Crippen LogP contribution in [0.15, 0.2) is 42.5 Å². The first-order chi connectivity index (χ1) is 10.1. The zero-order valence-corrected chi connectivity index (χ0v) is 11.1. The Morgan fingerprint density at radius 2 is 2.19 bits per heavy atom. The maximum Gasteiger partial charge on any atom is 0.345 e. The van der Waals surface area contributed by atoms with E-state index < -0.39 is 12.1 Å². The number of carboxylic acids is 1. The molecule has 0 amide bonds. The van der Waals surface area contributed by atoms with Gasteiger partial charge in [-0.25, -0.2) is 9.18 Å². The van der Waals surface area contributed by atoms with Crippen LogP contribution in [0.25, 0.3) is 0 Å². The number of benzene rings is 2. The number of carbonyl (C=O) groups is 1. The molecule has 1 N–H and O–H groups in total. The molecule has 5 heteroatoms. The second-order valence-electron chi connectivity index (χ2n) is 4.84. The number of hydrogen-bond acceptors (Lipinski definition) is 3. The monoisotopic (exact) mass is 288 g/mol. The van der Waals surface area contributed by atoms with E-state index in [0.29, 0.717) is 17.9 Å². The molecule has 108 valence electrons. The van der Waals surface area contributed by atoms with E-state index in [0.717, 1.165) is 11.1 Å². The highest BCUT2D eigenvalue weighted by Crippen LogP contribution is 2.32. The third kappa shape index (κ3) is 2.97. The smallest absolute Gasteiger partial charge is 0.345 e. The van der Waals surface area contributed by atoms with Crippen LogP contribution in [0.4, 0.5) is 4.39 Å². The van der Waals surface area contributed by atoms with E-state index in [1.165, 1.54) is 12.1 Å². The quantitative estimate of drug-likeness (QED) is 0.940. The Kier molecular flexibility index (Phi) is 3.48. The first kappa shape index (κ1) is 13.4. The maximum atomic E-state index is 13.1. The average Bonchev–Trinajstić information content (AvgIpc) is 2.88. The van der Waals surface area contributed by atoms with Crippen LogP contribution in [-0.2, 0) is 17.8 Å². The van der Waals surface area contributed by atoms with E-state index in [4.69, 9.17) is 14.6 Å². The van der Waals surface area contributed by atoms with E-state index in [1.54, 1.807) is 30.3 Å². The van der Waals surface area contributed by atoms with Gasteiger partial charge in [0.05, 0.1) is 0 Å². The summed E-state index contributed by atoms with van der Waals surface area (Å²) in [7, 11) is 0. The number of rotatable bonds is 4. The van der Waals surface area contributed by atoms with Crippen LogP contribution in [0, 0.1) is 5.82 Å². The summed E-state index contributed by atoms with van der Waals surface area (Å²) in [6.07, 6.45) is -0.479. The van der Waals surface area contributed by atoms with Crippen molar-refractivity contribution >= 4 is 5.97 Å². The van der Waals surface area contributed by atoms with Gasteiger partial charge in [0, 0.05) is 12.5 Å². The van der Waals surface area contributed by atoms with Gasteiger partial charge in [-0.2, -0.15) is 0 Å². The maximum absolute atomic E-state index is 13.1. The lowest BCUT2D eigenvalue weighted by Crippen LogP contribution is -2.24. The van der Waals surface area contributed by atoms with E-state index in [9.17, 15) is 9.18 Å². The second kappa shape index (κ2) is 5.44. The summed E-state index contributed by atoms with van der Waals surface area (Å²) in [5.41, 5.74) is 1.57. The summed E-state index contributed by atoms with van der Waals surface area (Å²) >= 11 is 0. The van der Waals surface area contributed by atoms with Crippen molar-refractivity contribution < 1.29 is 23.8 Å². The Bertz CT molecular complexity index is 684. The zero-order chi connectivity index (χ0) is 14.8. The number of halogens is 1. The number of fused-ring (bicyclic) bond motifs is 1. The largest absolute Gasteiger partial charge is 0.489 e. The van der Waals surface area contributed by atoms with Crippen LogP contribution in [0.2, 0.25) is 0 Å². The molecule has 1 aliphatic rings. The Hall–Kier alpha value is -2.56. The van der Waals surface area contributed by atoms with Crippen molar-refractivity contribution in [2.75, 3.05) is 0 Å². The van der Waals surface area contributed by atoms with Crippen molar-refractivity contribution in [3.63, 3.8) is 0 Å². The molecule has 0 saturated heterocycles. The lowest BCUT2D eigenvalue weighted by Gasteiger charge is -2.08. The van der Waals surface area contributed by atoms with Crippen molar-refractivity contribution in [3.05, 3.63) is 59.4 Å². The molecule has 0 aromatic heterocycles. The lowest BCUT2D eigenvalue weighted by atomic mass is 10.1. The third-order valence-corrected chi connectivity index (χ3v) is 3.28. The van der Waals surface area contributed by atoms with Crippen molar-refractivity contribution in [1.29, 1.82) is 0 Å². The standard InChI is InChI=1S/C16H13FO4/c17-12-3-1-2-10(6-12)9-20-13-5-4-11-7-15(16(18)19)21-14(11)8-13/h1-6,8,15H,7,9H2,(H,18,19). The van der Waals surface area contributed by atoms with Gasteiger partial charge in [0.2, 0.25) is 0 Å². The minimum Gasteiger partial charge on any atom is -0.489 e. The summed E-state index contributed by atoms with van der Waals surface area (Å²) in [5.74, 6) is -0.200. The summed E-state index contributed by atoms with van der Waals surface area (Å²) in [4.78, 5) is 10.9. The topological polar surface area (TPSA) is 55.8 Å². The lowest BCUT2D eigenvalue weighted by molar-refractivity contribution is -0.144. The molecule has 3 rings (SSSR count). The van der Waals surface area contributed by atoms with E-state index >= 15 is 0 Å². The molecule has 1 unspecified atom stereocenters. The summed E-state index contributed by atoms with van der Waals surface area (Å²) < 4.78 is 24.0. The van der Waals surface area contributed by atoms with Crippen LogP contribution in [0.5, 0.6) is 11.5 Å². The molecule has 0 radical (unpaired) electrons. The van der Waals surface area contributed by atoms with Gasteiger partial charge in [-0.15, -0.1) is 0 Å². The van der Waals surface area contributed by atoms with Gasteiger partial charge < -0.3 is 14.6 Å². The fourth-order valence-electron chi connectivity index (χ4n) is 2.23. The molecule has 2 aromatic rings. The normalized spacial score (nSPS) is 16.1. The van der Waals surface area contributed by atoms with Crippen LogP contribution >= 0.6 is 0 Å². The number of carboxylic acid groups (broad SMARTS) is 1. The van der Waals surface area contributed by atoms with Crippen molar-refractivity contribution in [3.8, 4) is 11.5 Å². The molecule has 0 aliphatic carbocycles. The van der Waals surface area contributed by atoms with Crippen LogP contribution in [-0.4, -0.2) is 17.2 Å². The number of aliphatic carboxylic acids is 1. The van der Waals surface area contributed by atoms with Gasteiger partial charge in [-0.1, -0.05) is 18.2 Å². The number of hydrogen-bond donors (Lipinski definition) is 1. The molecular weight excluding hydrogens is 275 g/mol. The Balaban J connectivity index is 1.69. The highest BCUT2D eigenvalue weighted by Gasteiger charge is 2.28. The third-order valence-electron chi connectivity index (χ3n) is 3.28. The Labute approximate surface area is 120 Å². The predicted molar refractivity (Wildman–Crippen MR) is 72.9 cm³/mol. The minimum absolute atomic E-state index is 0.235. The SMILES string of the molecule is O=C(O)C1Cc2ccc(OCc3cccc(F)c3)cc2O1. The predicted octanol–water partition coefficient (Wildman–Crippen LogP) is 2.79. The van der Waals surface area contributed by atoms with E-state index in [2.05, 4.69) is 0 Å².